The number of carbonyl (C=O) groups is 1. The van der Waals surface area contributed by atoms with Crippen molar-refractivity contribution in [3.63, 3.8) is 0 Å². The van der Waals surface area contributed by atoms with Crippen LogP contribution in [0.1, 0.15) is 35.7 Å². The Morgan fingerprint density at radius 1 is 1.04 bits per heavy atom. The quantitative estimate of drug-likeness (QED) is 0.609. The lowest BCUT2D eigenvalue weighted by atomic mass is 10.0. The molecule has 0 radical (unpaired) electrons. The van der Waals surface area contributed by atoms with E-state index in [1.54, 1.807) is 30.5 Å². The Morgan fingerprint density at radius 3 is 2.63 bits per heavy atom. The molecule has 1 heterocycles. The summed E-state index contributed by atoms with van der Waals surface area (Å²) in [6, 6.07) is 16.9. The molecule has 0 unspecified atom stereocenters. The molecule has 2 aromatic carbocycles. The van der Waals surface area contributed by atoms with Crippen molar-refractivity contribution in [1.29, 1.82) is 0 Å². The van der Waals surface area contributed by atoms with Crippen LogP contribution < -0.4 is 10.6 Å². The summed E-state index contributed by atoms with van der Waals surface area (Å²) < 4.78 is 4.76. The van der Waals surface area contributed by atoms with Crippen LogP contribution in [0.4, 0.5) is 23.1 Å². The Labute approximate surface area is 158 Å². The van der Waals surface area contributed by atoms with Gasteiger partial charge in [0.25, 0.3) is 0 Å². The molecule has 0 aliphatic heterocycles. The average Bonchev–Trinajstić information content (AvgIpc) is 2.68. The van der Waals surface area contributed by atoms with Crippen LogP contribution in [0.25, 0.3) is 0 Å². The van der Waals surface area contributed by atoms with E-state index in [9.17, 15) is 4.79 Å². The predicted molar refractivity (Wildman–Crippen MR) is 107 cm³/mol. The zero-order valence-corrected chi connectivity index (χ0v) is 15.6. The third-order valence-electron chi connectivity index (χ3n) is 4.04. The summed E-state index contributed by atoms with van der Waals surface area (Å²) in [4.78, 5) is 20.5. The van der Waals surface area contributed by atoms with Gasteiger partial charge in [-0.15, -0.1) is 0 Å². The maximum Gasteiger partial charge on any atom is 0.337 e. The number of anilines is 4. The number of ether oxygens (including phenoxy) is 1. The first-order valence-electron chi connectivity index (χ1n) is 8.71. The minimum Gasteiger partial charge on any atom is -0.465 e. The summed E-state index contributed by atoms with van der Waals surface area (Å²) in [6.45, 7) is 4.29. The highest BCUT2D eigenvalue weighted by molar-refractivity contribution is 5.90. The van der Waals surface area contributed by atoms with E-state index in [-0.39, 0.29) is 5.97 Å². The van der Waals surface area contributed by atoms with Crippen LogP contribution in [0.3, 0.4) is 0 Å². The van der Waals surface area contributed by atoms with Gasteiger partial charge in [-0.3, -0.25) is 0 Å². The molecule has 6 nitrogen and oxygen atoms in total. The molecule has 0 atom stereocenters. The SMILES string of the molecule is COC(=O)c1cccc(Nc2ccnc(Nc3ccccc3C(C)C)n2)c1. The molecule has 0 amide bonds. The fourth-order valence-electron chi connectivity index (χ4n) is 2.71. The highest BCUT2D eigenvalue weighted by Crippen LogP contribution is 2.26. The van der Waals surface area contributed by atoms with Crippen molar-refractivity contribution >= 4 is 29.1 Å². The second-order valence-corrected chi connectivity index (χ2v) is 6.33. The van der Waals surface area contributed by atoms with Crippen molar-refractivity contribution in [1.82, 2.24) is 9.97 Å². The first kappa shape index (κ1) is 18.4. The molecular formula is C21H22N4O2. The zero-order valence-electron chi connectivity index (χ0n) is 15.6. The third kappa shape index (κ3) is 4.61. The summed E-state index contributed by atoms with van der Waals surface area (Å²) in [5, 5.41) is 6.47. The molecule has 3 rings (SSSR count). The standard InChI is InChI=1S/C21H22N4O2/c1-14(2)17-9-4-5-10-18(17)24-21-22-12-11-19(25-21)23-16-8-6-7-15(13-16)20(26)27-3/h4-14H,1-3H3,(H2,22,23,24,25). The number of methoxy groups -OCH3 is 1. The minimum atomic E-state index is -0.381. The van der Waals surface area contributed by atoms with Gasteiger partial charge in [-0.1, -0.05) is 38.1 Å². The van der Waals surface area contributed by atoms with E-state index >= 15 is 0 Å². The monoisotopic (exact) mass is 362 g/mol. The molecule has 27 heavy (non-hydrogen) atoms. The summed E-state index contributed by atoms with van der Waals surface area (Å²) in [7, 11) is 1.36. The van der Waals surface area contributed by atoms with Gasteiger partial charge in [0.2, 0.25) is 5.95 Å². The molecule has 0 aliphatic carbocycles. The van der Waals surface area contributed by atoms with E-state index in [1.807, 2.05) is 24.3 Å². The highest BCUT2D eigenvalue weighted by Gasteiger charge is 2.09. The Kier molecular flexibility index (Phi) is 5.66. The molecule has 0 aliphatic rings. The molecule has 3 aromatic rings. The highest BCUT2D eigenvalue weighted by atomic mass is 16.5. The van der Waals surface area contributed by atoms with Crippen LogP contribution in [-0.4, -0.2) is 23.0 Å². The van der Waals surface area contributed by atoms with Gasteiger partial charge < -0.3 is 15.4 Å². The first-order valence-corrected chi connectivity index (χ1v) is 8.71. The van der Waals surface area contributed by atoms with Crippen LogP contribution >= 0.6 is 0 Å². The lowest BCUT2D eigenvalue weighted by molar-refractivity contribution is 0.0601. The van der Waals surface area contributed by atoms with E-state index in [4.69, 9.17) is 4.74 Å². The molecule has 0 saturated heterocycles. The van der Waals surface area contributed by atoms with Gasteiger partial charge >= 0.3 is 5.97 Å². The molecule has 0 saturated carbocycles. The van der Waals surface area contributed by atoms with Gasteiger partial charge in [-0.25, -0.2) is 9.78 Å². The summed E-state index contributed by atoms with van der Waals surface area (Å²) in [5.74, 6) is 1.12. The van der Waals surface area contributed by atoms with Crippen molar-refractivity contribution in [2.45, 2.75) is 19.8 Å². The number of benzene rings is 2. The molecule has 2 N–H and O–H groups in total. The van der Waals surface area contributed by atoms with Gasteiger partial charge in [-0.2, -0.15) is 4.98 Å². The van der Waals surface area contributed by atoms with Crippen LogP contribution in [0.15, 0.2) is 60.8 Å². The van der Waals surface area contributed by atoms with Crippen molar-refractivity contribution < 1.29 is 9.53 Å². The molecule has 138 valence electrons. The van der Waals surface area contributed by atoms with E-state index < -0.39 is 0 Å². The number of nitrogens with one attached hydrogen (secondary N) is 2. The Balaban J connectivity index is 1.80. The Bertz CT molecular complexity index is 941. The van der Waals surface area contributed by atoms with Gasteiger partial charge in [0.1, 0.15) is 5.82 Å². The number of para-hydroxylation sites is 1. The molecular weight excluding hydrogens is 340 g/mol. The fourth-order valence-corrected chi connectivity index (χ4v) is 2.71. The van der Waals surface area contributed by atoms with E-state index in [2.05, 4.69) is 40.5 Å². The van der Waals surface area contributed by atoms with Crippen molar-refractivity contribution in [2.75, 3.05) is 17.7 Å². The van der Waals surface area contributed by atoms with Crippen LogP contribution in [0, 0.1) is 0 Å². The number of nitrogens with zero attached hydrogens (tertiary/aromatic N) is 2. The lowest BCUT2D eigenvalue weighted by Gasteiger charge is -2.14. The van der Waals surface area contributed by atoms with Crippen molar-refractivity contribution in [3.05, 3.63) is 71.9 Å². The second-order valence-electron chi connectivity index (χ2n) is 6.33. The maximum absolute atomic E-state index is 11.7. The molecule has 0 fully saturated rings. The van der Waals surface area contributed by atoms with Gasteiger partial charge in [-0.05, 0) is 41.8 Å². The number of carbonyl (C=O) groups excluding carboxylic acids is 1. The van der Waals surface area contributed by atoms with Gasteiger partial charge in [0, 0.05) is 17.6 Å². The van der Waals surface area contributed by atoms with Crippen LogP contribution in [0.5, 0.6) is 0 Å². The summed E-state index contributed by atoms with van der Waals surface area (Å²) in [6.07, 6.45) is 1.68. The number of hydrogen-bond donors (Lipinski definition) is 2. The molecule has 0 spiro atoms. The van der Waals surface area contributed by atoms with E-state index in [0.29, 0.717) is 23.2 Å². The largest absolute Gasteiger partial charge is 0.465 e. The van der Waals surface area contributed by atoms with E-state index in [0.717, 1.165) is 11.4 Å². The van der Waals surface area contributed by atoms with E-state index in [1.165, 1.54) is 12.7 Å². The number of aromatic nitrogens is 2. The summed E-state index contributed by atoms with van der Waals surface area (Å²) >= 11 is 0. The smallest absolute Gasteiger partial charge is 0.337 e. The normalized spacial score (nSPS) is 10.5. The van der Waals surface area contributed by atoms with Crippen molar-refractivity contribution in [3.8, 4) is 0 Å². The predicted octanol–water partition coefficient (Wildman–Crippen LogP) is 4.87. The zero-order chi connectivity index (χ0) is 19.2. The molecule has 6 heteroatoms. The lowest BCUT2D eigenvalue weighted by Crippen LogP contribution is -2.04. The Hall–Kier alpha value is -3.41. The number of rotatable bonds is 6. The maximum atomic E-state index is 11.7. The van der Waals surface area contributed by atoms with Gasteiger partial charge in [0.05, 0.1) is 12.7 Å². The minimum absolute atomic E-state index is 0.381. The fraction of sp³-hybridized carbons (Fsp3) is 0.190. The van der Waals surface area contributed by atoms with Crippen molar-refractivity contribution in [2.24, 2.45) is 0 Å². The van der Waals surface area contributed by atoms with Crippen LogP contribution in [-0.2, 0) is 4.74 Å². The Morgan fingerprint density at radius 2 is 1.85 bits per heavy atom. The molecule has 1 aromatic heterocycles. The van der Waals surface area contributed by atoms with Gasteiger partial charge in [0.15, 0.2) is 0 Å². The number of hydrogen-bond acceptors (Lipinski definition) is 6. The topological polar surface area (TPSA) is 76.1 Å². The average molecular weight is 362 g/mol. The summed E-state index contributed by atoms with van der Waals surface area (Å²) in [5.41, 5.74) is 3.40. The number of esters is 1. The first-order chi connectivity index (χ1) is 13.1. The molecule has 0 bridgehead atoms. The third-order valence-corrected chi connectivity index (χ3v) is 4.04. The van der Waals surface area contributed by atoms with Crippen LogP contribution in [0.2, 0.25) is 0 Å². The second kappa shape index (κ2) is 8.31.